The predicted molar refractivity (Wildman–Crippen MR) is 263 cm³/mol. The van der Waals surface area contributed by atoms with Crippen LogP contribution in [0.3, 0.4) is 0 Å². The first-order chi connectivity index (χ1) is 30.7. The van der Waals surface area contributed by atoms with Gasteiger partial charge in [0.05, 0.1) is 0 Å². The summed E-state index contributed by atoms with van der Waals surface area (Å²) >= 11 is 0. The van der Waals surface area contributed by atoms with Crippen LogP contribution >= 0.6 is 0 Å². The lowest BCUT2D eigenvalue weighted by Gasteiger charge is -2.57. The molecule has 296 valence electrons. The van der Waals surface area contributed by atoms with Crippen LogP contribution in [0.5, 0.6) is 0 Å². The Bertz CT molecular complexity index is 3010. The summed E-state index contributed by atoms with van der Waals surface area (Å²) in [6, 6.07) is 75.0. The monoisotopic (exact) mass is 810 g/mol. The molecule has 4 bridgehead atoms. The van der Waals surface area contributed by atoms with Crippen LogP contribution in [0.1, 0.15) is 44.1 Å². The zero-order valence-electron chi connectivity index (χ0n) is 34.9. The molecule has 0 atom stereocenters. The van der Waals surface area contributed by atoms with Crippen LogP contribution in [-0.4, -0.2) is 14.8 Å². The summed E-state index contributed by atoms with van der Waals surface area (Å²) in [6.07, 6.45) is 8.31. The zero-order valence-corrected chi connectivity index (χ0v) is 35.9. The number of benzene rings is 8. The Kier molecular flexibility index (Phi) is 7.44. The van der Waals surface area contributed by atoms with Crippen molar-refractivity contribution in [2.75, 3.05) is 9.80 Å². The molecule has 8 aromatic carbocycles. The van der Waals surface area contributed by atoms with Crippen molar-refractivity contribution in [3.63, 3.8) is 0 Å². The van der Waals surface area contributed by atoms with Gasteiger partial charge in [0, 0.05) is 34.1 Å². The minimum absolute atomic E-state index is 0.120. The summed E-state index contributed by atoms with van der Waals surface area (Å²) in [4.78, 5) is 5.31. The van der Waals surface area contributed by atoms with Gasteiger partial charge < -0.3 is 9.80 Å². The van der Waals surface area contributed by atoms with Gasteiger partial charge in [0.25, 0.3) is 6.71 Å². The van der Waals surface area contributed by atoms with E-state index in [0.717, 1.165) is 17.8 Å². The summed E-state index contributed by atoms with van der Waals surface area (Å²) in [7, 11) is -2.72. The van der Waals surface area contributed by atoms with Crippen LogP contribution in [0.25, 0.3) is 11.1 Å². The Labute approximate surface area is 366 Å². The van der Waals surface area contributed by atoms with Crippen molar-refractivity contribution in [2.24, 2.45) is 17.8 Å². The number of hydrogen-bond donors (Lipinski definition) is 0. The molecule has 4 aliphatic carbocycles. The fourth-order valence-corrected chi connectivity index (χ4v) is 19.6. The SMILES string of the molecule is c1ccc(N2c3ccccc3B3c4ccccc4N(c4ccc5c(c4)[Si](c4ccccc4)(c4ccccc4)c4ccccc4-5)c4cc(C56CC7CC(CC(C7)C5)C6)cc2c43)cc1. The van der Waals surface area contributed by atoms with Crippen molar-refractivity contribution in [3.05, 3.63) is 200 Å². The molecule has 3 aliphatic heterocycles. The number of hydrogen-bond acceptors (Lipinski definition) is 2. The normalized spacial score (nSPS) is 22.7. The third-order valence-electron chi connectivity index (χ3n) is 16.2. The van der Waals surface area contributed by atoms with E-state index in [-0.39, 0.29) is 12.1 Å². The maximum Gasteiger partial charge on any atom is 0.252 e. The van der Waals surface area contributed by atoms with Gasteiger partial charge in [-0.1, -0.05) is 146 Å². The molecule has 4 saturated carbocycles. The summed E-state index contributed by atoms with van der Waals surface area (Å²) in [6.45, 7) is 0.120. The smallest absolute Gasteiger partial charge is 0.252 e. The van der Waals surface area contributed by atoms with Crippen LogP contribution in [0.15, 0.2) is 194 Å². The van der Waals surface area contributed by atoms with Crippen molar-refractivity contribution in [3.8, 4) is 11.1 Å². The molecule has 0 unspecified atom stereocenters. The molecule has 0 aromatic heterocycles. The van der Waals surface area contributed by atoms with Gasteiger partial charge in [0.2, 0.25) is 0 Å². The molecule has 0 N–H and O–H groups in total. The maximum absolute atomic E-state index is 2.72. The molecule has 7 aliphatic rings. The minimum Gasteiger partial charge on any atom is -0.311 e. The Morgan fingerprint density at radius 2 is 0.903 bits per heavy atom. The Morgan fingerprint density at radius 1 is 0.419 bits per heavy atom. The zero-order chi connectivity index (χ0) is 40.6. The molecule has 0 spiro atoms. The molecule has 15 rings (SSSR count). The van der Waals surface area contributed by atoms with Crippen molar-refractivity contribution in [2.45, 2.75) is 43.9 Å². The van der Waals surface area contributed by atoms with E-state index >= 15 is 0 Å². The molecule has 0 amide bonds. The van der Waals surface area contributed by atoms with Gasteiger partial charge in [-0.15, -0.1) is 0 Å². The number of fused-ring (bicyclic) bond motifs is 7. The third-order valence-corrected chi connectivity index (χ3v) is 21.1. The Balaban J connectivity index is 1.07. The van der Waals surface area contributed by atoms with Crippen molar-refractivity contribution < 1.29 is 0 Å². The topological polar surface area (TPSA) is 6.48 Å². The highest BCUT2D eigenvalue weighted by atomic mass is 28.3. The average Bonchev–Trinajstić information content (AvgIpc) is 3.62. The lowest BCUT2D eigenvalue weighted by Crippen LogP contribution is -2.72. The summed E-state index contributed by atoms with van der Waals surface area (Å²) in [5, 5.41) is 5.84. The number of para-hydroxylation sites is 3. The molecule has 0 saturated heterocycles. The fourth-order valence-electron chi connectivity index (χ4n) is 14.4. The van der Waals surface area contributed by atoms with Crippen molar-refractivity contribution in [1.29, 1.82) is 0 Å². The van der Waals surface area contributed by atoms with E-state index in [1.807, 2.05) is 0 Å². The van der Waals surface area contributed by atoms with Gasteiger partial charge in [-0.3, -0.25) is 0 Å². The largest absolute Gasteiger partial charge is 0.311 e. The van der Waals surface area contributed by atoms with Gasteiger partial charge in [0.1, 0.15) is 0 Å². The van der Waals surface area contributed by atoms with Gasteiger partial charge in [0.15, 0.2) is 8.07 Å². The molecular weight excluding hydrogens is 764 g/mol. The van der Waals surface area contributed by atoms with Crippen molar-refractivity contribution >= 4 is 86.0 Å². The number of rotatable bonds is 5. The first-order valence-corrected chi connectivity index (χ1v) is 25.0. The first kappa shape index (κ1) is 35.3. The number of nitrogens with zero attached hydrogens (tertiary/aromatic N) is 2. The van der Waals surface area contributed by atoms with E-state index in [9.17, 15) is 0 Å². The van der Waals surface area contributed by atoms with Gasteiger partial charge >= 0.3 is 0 Å². The summed E-state index contributed by atoms with van der Waals surface area (Å²) < 4.78 is 0. The van der Waals surface area contributed by atoms with E-state index in [1.165, 1.54) is 121 Å². The average molecular weight is 811 g/mol. The van der Waals surface area contributed by atoms with Crippen LogP contribution < -0.4 is 46.9 Å². The van der Waals surface area contributed by atoms with Crippen LogP contribution in [0, 0.1) is 17.8 Å². The van der Waals surface area contributed by atoms with E-state index in [0.29, 0.717) is 0 Å². The predicted octanol–water partition coefficient (Wildman–Crippen LogP) is 9.59. The fraction of sp³-hybridized carbons (Fsp3) is 0.172. The number of anilines is 6. The second-order valence-electron chi connectivity index (χ2n) is 19.4. The lowest BCUT2D eigenvalue weighted by molar-refractivity contribution is -0.00514. The molecular formula is C58H47BN2Si. The second kappa shape index (κ2) is 13.1. The molecule has 4 heteroatoms. The Hall–Kier alpha value is -6.36. The van der Waals surface area contributed by atoms with Crippen LogP contribution in [0.2, 0.25) is 0 Å². The third kappa shape index (κ3) is 4.76. The van der Waals surface area contributed by atoms with E-state index < -0.39 is 8.07 Å². The van der Waals surface area contributed by atoms with E-state index in [1.54, 1.807) is 5.56 Å². The second-order valence-corrected chi connectivity index (χ2v) is 23.2. The Morgan fingerprint density at radius 3 is 1.50 bits per heavy atom. The summed E-state index contributed by atoms with van der Waals surface area (Å²) in [5.74, 6) is 2.57. The van der Waals surface area contributed by atoms with Crippen LogP contribution in [-0.2, 0) is 5.41 Å². The molecule has 62 heavy (non-hydrogen) atoms. The molecule has 8 aromatic rings. The van der Waals surface area contributed by atoms with Gasteiger partial charge in [-0.2, -0.15) is 0 Å². The minimum atomic E-state index is -2.72. The van der Waals surface area contributed by atoms with Crippen molar-refractivity contribution in [1.82, 2.24) is 0 Å². The maximum atomic E-state index is 2.72. The summed E-state index contributed by atoms with van der Waals surface area (Å²) in [5.41, 5.74) is 16.5. The molecule has 2 nitrogen and oxygen atoms in total. The highest BCUT2D eigenvalue weighted by molar-refractivity contribution is 7.22. The first-order valence-electron chi connectivity index (χ1n) is 23.0. The highest BCUT2D eigenvalue weighted by Gasteiger charge is 2.54. The quantitative estimate of drug-likeness (QED) is 0.160. The molecule has 3 heterocycles. The molecule has 4 fully saturated rings. The van der Waals surface area contributed by atoms with Crippen LogP contribution in [0.4, 0.5) is 34.1 Å². The van der Waals surface area contributed by atoms with E-state index in [4.69, 9.17) is 0 Å². The van der Waals surface area contributed by atoms with Gasteiger partial charge in [-0.25, -0.2) is 0 Å². The lowest BCUT2D eigenvalue weighted by atomic mass is 9.33. The highest BCUT2D eigenvalue weighted by Crippen LogP contribution is 2.62. The molecule has 0 radical (unpaired) electrons. The van der Waals surface area contributed by atoms with Gasteiger partial charge in [-0.05, 0) is 164 Å². The standard InChI is InChI=1S/C58H47BN2Si/c1-4-16-43(17-5-1)60-51-25-13-11-23-49(51)59-50-24-12-14-26-52(50)61(54-34-42(33-53(60)57(54)59)58-36-39-30-40(37-58)32-41(31-39)38-58)44-28-29-48-47-22-10-15-27-55(47)62(56(48)35-44,45-18-6-2-7-19-45)46-20-8-3-9-21-46/h1-29,33-35,39-41H,30-32,36-38H2. The van der Waals surface area contributed by atoms with E-state index in [2.05, 4.69) is 204 Å².